The number of benzene rings is 2. The third-order valence-electron chi connectivity index (χ3n) is 5.68. The molecule has 8 heteroatoms. The Morgan fingerprint density at radius 1 is 1.03 bits per heavy atom. The van der Waals surface area contributed by atoms with E-state index in [9.17, 15) is 14.0 Å². The van der Waals surface area contributed by atoms with Gasteiger partial charge in [0, 0.05) is 17.5 Å². The second-order valence-electron chi connectivity index (χ2n) is 8.20. The molecule has 1 atom stereocenters. The monoisotopic (exact) mass is 497 g/mol. The predicted octanol–water partition coefficient (Wildman–Crippen LogP) is 6.15. The molecule has 0 saturated heterocycles. The van der Waals surface area contributed by atoms with Gasteiger partial charge in [-0.25, -0.2) is 9.18 Å². The molecule has 1 unspecified atom stereocenters. The van der Waals surface area contributed by atoms with Crippen LogP contribution in [0.5, 0.6) is 5.75 Å². The summed E-state index contributed by atoms with van der Waals surface area (Å²) in [6.07, 6.45) is 0.691. The van der Waals surface area contributed by atoms with Gasteiger partial charge < -0.3 is 19.9 Å². The molecule has 0 saturated carbocycles. The number of carbonyl (C=O) groups is 2. The first-order valence-corrected chi connectivity index (χ1v) is 12.6. The minimum absolute atomic E-state index is 0.0792. The van der Waals surface area contributed by atoms with E-state index in [2.05, 4.69) is 5.32 Å². The number of thiophene rings is 1. The Kier molecular flexibility index (Phi) is 9.66. The van der Waals surface area contributed by atoms with Crippen LogP contribution in [-0.2, 0) is 17.9 Å². The van der Waals surface area contributed by atoms with Crippen LogP contribution in [0.15, 0.2) is 66.0 Å². The summed E-state index contributed by atoms with van der Waals surface area (Å²) >= 11 is 1.56. The van der Waals surface area contributed by atoms with Crippen molar-refractivity contribution in [2.75, 3.05) is 18.5 Å². The fourth-order valence-electron chi connectivity index (χ4n) is 3.57. The lowest BCUT2D eigenvalue weighted by molar-refractivity contribution is -0.133. The molecule has 6 nitrogen and oxygen atoms in total. The molecule has 3 rings (SSSR count). The average molecular weight is 498 g/mol. The van der Waals surface area contributed by atoms with Crippen LogP contribution in [0.3, 0.4) is 0 Å². The van der Waals surface area contributed by atoms with E-state index in [4.69, 9.17) is 4.74 Å². The summed E-state index contributed by atoms with van der Waals surface area (Å²) in [5.74, 6) is 0.0718. The lowest BCUT2D eigenvalue weighted by Crippen LogP contribution is -2.47. The average Bonchev–Trinajstić information content (AvgIpc) is 3.37. The quantitative estimate of drug-likeness (QED) is 0.346. The fourth-order valence-corrected chi connectivity index (χ4v) is 4.28. The van der Waals surface area contributed by atoms with Gasteiger partial charge in [0.25, 0.3) is 0 Å². The Labute approximate surface area is 210 Å². The maximum absolute atomic E-state index is 13.5. The molecule has 0 spiro atoms. The number of nitrogens with zero attached hydrogens (tertiary/aromatic N) is 2. The van der Waals surface area contributed by atoms with Gasteiger partial charge in [0.1, 0.15) is 18.1 Å². The summed E-state index contributed by atoms with van der Waals surface area (Å²) in [4.78, 5) is 31.1. The van der Waals surface area contributed by atoms with E-state index < -0.39 is 0 Å². The highest BCUT2D eigenvalue weighted by atomic mass is 32.1. The zero-order valence-electron chi connectivity index (χ0n) is 20.4. The molecule has 35 heavy (non-hydrogen) atoms. The fraction of sp³-hybridized carbons (Fsp3) is 0.333. The number of nitrogens with one attached hydrogen (secondary N) is 1. The van der Waals surface area contributed by atoms with Gasteiger partial charge >= 0.3 is 6.03 Å². The van der Waals surface area contributed by atoms with E-state index in [1.54, 1.807) is 45.4 Å². The van der Waals surface area contributed by atoms with E-state index in [-0.39, 0.29) is 30.3 Å². The zero-order valence-corrected chi connectivity index (χ0v) is 21.2. The number of halogens is 1. The molecular weight excluding hydrogens is 465 g/mol. The Hall–Kier alpha value is -3.39. The summed E-state index contributed by atoms with van der Waals surface area (Å²) in [5, 5.41) is 4.87. The Morgan fingerprint density at radius 2 is 1.77 bits per heavy atom. The van der Waals surface area contributed by atoms with Crippen molar-refractivity contribution in [2.24, 2.45) is 0 Å². The van der Waals surface area contributed by atoms with Crippen molar-refractivity contribution in [1.29, 1.82) is 0 Å². The predicted molar refractivity (Wildman–Crippen MR) is 138 cm³/mol. The molecule has 0 aliphatic heterocycles. The highest BCUT2D eigenvalue weighted by molar-refractivity contribution is 7.09. The van der Waals surface area contributed by atoms with Crippen LogP contribution in [0, 0.1) is 5.82 Å². The number of hydrogen-bond acceptors (Lipinski definition) is 4. The van der Waals surface area contributed by atoms with Crippen LogP contribution in [0.25, 0.3) is 0 Å². The van der Waals surface area contributed by atoms with Gasteiger partial charge in [0.2, 0.25) is 5.91 Å². The highest BCUT2D eigenvalue weighted by Crippen LogP contribution is 2.24. The molecule has 2 aromatic carbocycles. The van der Waals surface area contributed by atoms with Crippen LogP contribution >= 0.6 is 11.3 Å². The molecule has 3 amide bonds. The lowest BCUT2D eigenvalue weighted by Gasteiger charge is -2.31. The number of carbonyl (C=O) groups excluding carboxylic acids is 2. The molecule has 3 aromatic rings. The molecule has 0 fully saturated rings. The zero-order chi connectivity index (χ0) is 25.2. The Balaban J connectivity index is 1.79. The minimum atomic E-state index is -0.363. The number of urea groups is 1. The van der Waals surface area contributed by atoms with E-state index in [0.717, 1.165) is 10.4 Å². The number of amides is 3. The van der Waals surface area contributed by atoms with E-state index in [1.165, 1.54) is 12.1 Å². The summed E-state index contributed by atoms with van der Waals surface area (Å²) in [5.41, 5.74) is 1.38. The first-order valence-electron chi connectivity index (χ1n) is 11.7. The van der Waals surface area contributed by atoms with Crippen molar-refractivity contribution < 1.29 is 18.7 Å². The third kappa shape index (κ3) is 7.55. The van der Waals surface area contributed by atoms with Gasteiger partial charge in [-0.15, -0.1) is 11.3 Å². The van der Waals surface area contributed by atoms with E-state index >= 15 is 0 Å². The number of rotatable bonds is 11. The van der Waals surface area contributed by atoms with Crippen LogP contribution in [0.1, 0.15) is 37.6 Å². The summed E-state index contributed by atoms with van der Waals surface area (Å²) in [6.45, 7) is 6.91. The van der Waals surface area contributed by atoms with Crippen molar-refractivity contribution in [3.63, 3.8) is 0 Å². The lowest BCUT2D eigenvalue weighted by atomic mass is 10.2. The maximum Gasteiger partial charge on any atom is 0.322 e. The van der Waals surface area contributed by atoms with E-state index in [0.29, 0.717) is 37.6 Å². The van der Waals surface area contributed by atoms with Crippen molar-refractivity contribution >= 4 is 29.0 Å². The first kappa shape index (κ1) is 26.2. The molecule has 1 heterocycles. The molecular formula is C27H32FN3O3S. The largest absolute Gasteiger partial charge is 0.492 e. The van der Waals surface area contributed by atoms with Crippen molar-refractivity contribution in [2.45, 2.75) is 46.3 Å². The number of anilines is 1. The van der Waals surface area contributed by atoms with Gasteiger partial charge in [-0.3, -0.25) is 4.79 Å². The van der Waals surface area contributed by atoms with Crippen LogP contribution in [0.4, 0.5) is 14.9 Å². The first-order chi connectivity index (χ1) is 16.9. The molecule has 1 N–H and O–H groups in total. The Morgan fingerprint density at radius 3 is 2.43 bits per heavy atom. The van der Waals surface area contributed by atoms with Gasteiger partial charge in [0.05, 0.1) is 18.8 Å². The van der Waals surface area contributed by atoms with Crippen molar-refractivity contribution in [3.8, 4) is 5.75 Å². The second kappa shape index (κ2) is 12.9. The molecule has 0 bridgehead atoms. The highest BCUT2D eigenvalue weighted by Gasteiger charge is 2.26. The maximum atomic E-state index is 13.5. The van der Waals surface area contributed by atoms with Crippen molar-refractivity contribution in [3.05, 3.63) is 82.3 Å². The molecule has 0 aliphatic carbocycles. The summed E-state index contributed by atoms with van der Waals surface area (Å²) < 4.78 is 19.0. The summed E-state index contributed by atoms with van der Waals surface area (Å²) in [6, 6.07) is 16.7. The smallest absolute Gasteiger partial charge is 0.322 e. The number of hydrogen-bond donors (Lipinski definition) is 1. The SMILES string of the molecule is CCOc1ccccc1NC(=O)N(CC(=O)N(Cc1ccc(F)cc1)Cc1cccs1)C(C)CC. The molecule has 1 aromatic heterocycles. The van der Waals surface area contributed by atoms with E-state index in [1.807, 2.05) is 50.4 Å². The normalized spacial score (nSPS) is 11.5. The van der Waals surface area contributed by atoms with Gasteiger partial charge in [0.15, 0.2) is 0 Å². The third-order valence-corrected chi connectivity index (χ3v) is 6.55. The second-order valence-corrected chi connectivity index (χ2v) is 9.23. The molecule has 0 aliphatic rings. The van der Waals surface area contributed by atoms with Gasteiger partial charge in [-0.1, -0.05) is 37.3 Å². The van der Waals surface area contributed by atoms with Crippen molar-refractivity contribution in [1.82, 2.24) is 9.80 Å². The number of ether oxygens (including phenoxy) is 1. The van der Waals surface area contributed by atoms with Crippen LogP contribution in [-0.4, -0.2) is 40.9 Å². The van der Waals surface area contributed by atoms with Crippen LogP contribution < -0.4 is 10.1 Å². The minimum Gasteiger partial charge on any atom is -0.492 e. The van der Waals surface area contributed by atoms with Gasteiger partial charge in [-0.2, -0.15) is 0 Å². The van der Waals surface area contributed by atoms with Gasteiger partial charge in [-0.05, 0) is 61.5 Å². The van der Waals surface area contributed by atoms with Crippen LogP contribution in [0.2, 0.25) is 0 Å². The topological polar surface area (TPSA) is 61.9 Å². The molecule has 0 radical (unpaired) electrons. The summed E-state index contributed by atoms with van der Waals surface area (Å²) in [7, 11) is 0. The number of para-hydroxylation sites is 2. The Bertz CT molecular complexity index is 1090. The molecule has 186 valence electrons. The standard InChI is InChI=1S/C27H32FN3O3S/c1-4-20(3)31(27(33)29-24-10-6-7-11-25(24)34-5-2)19-26(32)30(18-23-9-8-16-35-23)17-21-12-14-22(28)15-13-21/h6-16,20H,4-5,17-19H2,1-3H3,(H,29,33).